The van der Waals surface area contributed by atoms with Crippen LogP contribution in [-0.4, -0.2) is 41.1 Å². The molecule has 1 fully saturated rings. The van der Waals surface area contributed by atoms with E-state index in [0.717, 1.165) is 32.2 Å². The van der Waals surface area contributed by atoms with E-state index in [1.54, 1.807) is 0 Å². The molecule has 1 aliphatic heterocycles. The summed E-state index contributed by atoms with van der Waals surface area (Å²) in [6.45, 7) is 5.17. The summed E-state index contributed by atoms with van der Waals surface area (Å²) in [6.07, 6.45) is 4.30. The van der Waals surface area contributed by atoms with Crippen LogP contribution in [0, 0.1) is 5.92 Å². The van der Waals surface area contributed by atoms with Crippen molar-refractivity contribution >= 4 is 5.91 Å². The Morgan fingerprint density at radius 1 is 1.53 bits per heavy atom. The number of nitrogens with zero attached hydrogens (tertiary/aromatic N) is 1. The van der Waals surface area contributed by atoms with E-state index in [-0.39, 0.29) is 18.6 Å². The molecule has 1 saturated heterocycles. The number of likely N-dealkylation sites (tertiary alicyclic amines) is 1. The molecule has 4 heteroatoms. The van der Waals surface area contributed by atoms with Crippen molar-refractivity contribution < 1.29 is 9.90 Å². The lowest BCUT2D eigenvalue weighted by molar-refractivity contribution is -0.132. The molecule has 4 nitrogen and oxygen atoms in total. The van der Waals surface area contributed by atoms with Gasteiger partial charge in [0, 0.05) is 31.7 Å². The largest absolute Gasteiger partial charge is 0.396 e. The topological polar surface area (TPSA) is 66.6 Å². The van der Waals surface area contributed by atoms with Crippen molar-refractivity contribution in [3.8, 4) is 0 Å². The molecule has 1 rings (SSSR count). The number of hydrogen-bond acceptors (Lipinski definition) is 3. The highest BCUT2D eigenvalue weighted by molar-refractivity contribution is 5.77. The molecule has 100 valence electrons. The van der Waals surface area contributed by atoms with Gasteiger partial charge in [-0.2, -0.15) is 0 Å². The number of aliphatic hydroxyl groups is 1. The summed E-state index contributed by atoms with van der Waals surface area (Å²) >= 11 is 0. The standard InChI is InChI=1S/C13H26N2O2/c1-10(2)12(14)9-13(17)15-7-3-5-11(15)6-4-8-16/h10-12,16H,3-9,14H2,1-2H3. The molecule has 17 heavy (non-hydrogen) atoms. The Morgan fingerprint density at radius 3 is 2.82 bits per heavy atom. The maximum absolute atomic E-state index is 12.1. The second kappa shape index (κ2) is 6.97. The molecule has 1 amide bonds. The summed E-state index contributed by atoms with van der Waals surface area (Å²) in [6, 6.07) is 0.288. The number of hydrogen-bond donors (Lipinski definition) is 2. The lowest BCUT2D eigenvalue weighted by Crippen LogP contribution is -2.40. The van der Waals surface area contributed by atoms with Crippen LogP contribution < -0.4 is 5.73 Å². The van der Waals surface area contributed by atoms with E-state index in [1.165, 1.54) is 0 Å². The highest BCUT2D eigenvalue weighted by Gasteiger charge is 2.29. The van der Waals surface area contributed by atoms with Crippen LogP contribution in [0.3, 0.4) is 0 Å². The van der Waals surface area contributed by atoms with Gasteiger partial charge in [0.1, 0.15) is 0 Å². The smallest absolute Gasteiger partial charge is 0.224 e. The van der Waals surface area contributed by atoms with Crippen LogP contribution in [-0.2, 0) is 4.79 Å². The fourth-order valence-corrected chi connectivity index (χ4v) is 2.35. The normalized spacial score (nSPS) is 22.2. The molecule has 0 bridgehead atoms. The minimum atomic E-state index is -0.0402. The SMILES string of the molecule is CC(C)C(N)CC(=O)N1CCCC1CCCO. The maximum Gasteiger partial charge on any atom is 0.224 e. The van der Waals surface area contributed by atoms with Gasteiger partial charge >= 0.3 is 0 Å². The molecule has 0 aromatic heterocycles. The van der Waals surface area contributed by atoms with E-state index in [0.29, 0.717) is 18.4 Å². The molecular weight excluding hydrogens is 216 g/mol. The van der Waals surface area contributed by atoms with Crippen LogP contribution in [0.15, 0.2) is 0 Å². The first-order chi connectivity index (χ1) is 8.06. The molecule has 2 atom stereocenters. The van der Waals surface area contributed by atoms with Gasteiger partial charge in [0.25, 0.3) is 0 Å². The van der Waals surface area contributed by atoms with Crippen LogP contribution in [0.2, 0.25) is 0 Å². The zero-order valence-electron chi connectivity index (χ0n) is 11.1. The molecule has 2 unspecified atom stereocenters. The molecule has 0 aromatic rings. The van der Waals surface area contributed by atoms with Gasteiger partial charge in [-0.15, -0.1) is 0 Å². The number of rotatable bonds is 6. The number of carbonyl (C=O) groups excluding carboxylic acids is 1. The van der Waals surface area contributed by atoms with E-state index in [1.807, 2.05) is 18.7 Å². The van der Waals surface area contributed by atoms with Crippen molar-refractivity contribution in [3.05, 3.63) is 0 Å². The summed E-state index contributed by atoms with van der Waals surface area (Å²) in [5.41, 5.74) is 5.94. The van der Waals surface area contributed by atoms with Gasteiger partial charge in [-0.3, -0.25) is 4.79 Å². The second-order valence-corrected chi connectivity index (χ2v) is 5.36. The third-order valence-corrected chi connectivity index (χ3v) is 3.66. The molecular formula is C13H26N2O2. The highest BCUT2D eigenvalue weighted by Crippen LogP contribution is 2.22. The van der Waals surface area contributed by atoms with Gasteiger partial charge < -0.3 is 15.7 Å². The lowest BCUT2D eigenvalue weighted by atomic mass is 10.0. The summed E-state index contributed by atoms with van der Waals surface area (Å²) in [5.74, 6) is 0.532. The zero-order chi connectivity index (χ0) is 12.8. The first-order valence-corrected chi connectivity index (χ1v) is 6.72. The zero-order valence-corrected chi connectivity index (χ0v) is 11.1. The molecule has 0 aromatic carbocycles. The number of nitrogens with two attached hydrogens (primary N) is 1. The highest BCUT2D eigenvalue weighted by atomic mass is 16.3. The Kier molecular flexibility index (Phi) is 5.92. The number of amides is 1. The minimum Gasteiger partial charge on any atom is -0.396 e. The van der Waals surface area contributed by atoms with E-state index in [2.05, 4.69) is 0 Å². The fraction of sp³-hybridized carbons (Fsp3) is 0.923. The van der Waals surface area contributed by atoms with Gasteiger partial charge in [0.05, 0.1) is 0 Å². The molecule has 1 aliphatic rings. The van der Waals surface area contributed by atoms with E-state index in [9.17, 15) is 4.79 Å². The average molecular weight is 242 g/mol. The van der Waals surface area contributed by atoms with E-state index in [4.69, 9.17) is 10.8 Å². The summed E-state index contributed by atoms with van der Waals surface area (Å²) < 4.78 is 0. The van der Waals surface area contributed by atoms with Crippen molar-refractivity contribution in [3.63, 3.8) is 0 Å². The van der Waals surface area contributed by atoms with Crippen molar-refractivity contribution in [2.75, 3.05) is 13.2 Å². The van der Waals surface area contributed by atoms with Crippen molar-refractivity contribution in [1.82, 2.24) is 4.90 Å². The first kappa shape index (κ1) is 14.5. The Bertz CT molecular complexity index is 244. The summed E-state index contributed by atoms with van der Waals surface area (Å²) in [5, 5.41) is 8.85. The number of carbonyl (C=O) groups is 1. The molecule has 3 N–H and O–H groups in total. The molecule has 0 radical (unpaired) electrons. The summed E-state index contributed by atoms with van der Waals surface area (Å²) in [7, 11) is 0. The lowest BCUT2D eigenvalue weighted by Gasteiger charge is -2.26. The maximum atomic E-state index is 12.1. The van der Waals surface area contributed by atoms with Gasteiger partial charge in [-0.1, -0.05) is 13.8 Å². The Hall–Kier alpha value is -0.610. The minimum absolute atomic E-state index is 0.0402. The third kappa shape index (κ3) is 4.28. The molecule has 0 spiro atoms. The molecule has 0 saturated carbocycles. The van der Waals surface area contributed by atoms with Crippen LogP contribution in [0.25, 0.3) is 0 Å². The van der Waals surface area contributed by atoms with E-state index >= 15 is 0 Å². The average Bonchev–Trinajstić information content (AvgIpc) is 2.74. The molecule has 1 heterocycles. The Labute approximate surface area is 104 Å². The van der Waals surface area contributed by atoms with Crippen LogP contribution in [0.4, 0.5) is 0 Å². The van der Waals surface area contributed by atoms with Crippen LogP contribution in [0.5, 0.6) is 0 Å². The fourth-order valence-electron chi connectivity index (χ4n) is 2.35. The van der Waals surface area contributed by atoms with Gasteiger partial charge in [-0.05, 0) is 31.6 Å². The predicted molar refractivity (Wildman–Crippen MR) is 68.5 cm³/mol. The van der Waals surface area contributed by atoms with Gasteiger partial charge in [-0.25, -0.2) is 0 Å². The van der Waals surface area contributed by atoms with E-state index < -0.39 is 0 Å². The second-order valence-electron chi connectivity index (χ2n) is 5.36. The summed E-state index contributed by atoms with van der Waals surface area (Å²) in [4.78, 5) is 14.1. The van der Waals surface area contributed by atoms with Crippen molar-refractivity contribution in [1.29, 1.82) is 0 Å². The van der Waals surface area contributed by atoms with Gasteiger partial charge in [0.2, 0.25) is 5.91 Å². The Balaban J connectivity index is 2.44. The van der Waals surface area contributed by atoms with Crippen LogP contribution in [0.1, 0.15) is 46.0 Å². The van der Waals surface area contributed by atoms with Crippen molar-refractivity contribution in [2.24, 2.45) is 11.7 Å². The first-order valence-electron chi connectivity index (χ1n) is 6.72. The monoisotopic (exact) mass is 242 g/mol. The van der Waals surface area contributed by atoms with Gasteiger partial charge in [0.15, 0.2) is 0 Å². The number of aliphatic hydroxyl groups excluding tert-OH is 1. The Morgan fingerprint density at radius 2 is 2.24 bits per heavy atom. The third-order valence-electron chi connectivity index (χ3n) is 3.66. The molecule has 0 aliphatic carbocycles. The quantitative estimate of drug-likeness (QED) is 0.733. The van der Waals surface area contributed by atoms with Crippen LogP contribution >= 0.6 is 0 Å². The van der Waals surface area contributed by atoms with Crippen molar-refractivity contribution in [2.45, 2.75) is 58.0 Å². The predicted octanol–water partition coefficient (Wildman–Crippen LogP) is 1.12.